The summed E-state index contributed by atoms with van der Waals surface area (Å²) in [5.74, 6) is 1.44. The molecule has 6 heteroatoms. The number of benzene rings is 1. The van der Waals surface area contributed by atoms with Gasteiger partial charge in [-0.2, -0.15) is 4.98 Å². The SMILES string of the molecule is CCOC(=O)Cc1nc([C@@H](C)Cc2ccc(OC)cc2)no1. The van der Waals surface area contributed by atoms with Gasteiger partial charge >= 0.3 is 5.97 Å². The molecular weight excluding hydrogens is 284 g/mol. The van der Waals surface area contributed by atoms with Crippen molar-refractivity contribution >= 4 is 5.97 Å². The summed E-state index contributed by atoms with van der Waals surface area (Å²) in [6, 6.07) is 7.86. The maximum absolute atomic E-state index is 11.4. The number of aromatic nitrogens is 2. The number of nitrogens with zero attached hydrogens (tertiary/aromatic N) is 2. The van der Waals surface area contributed by atoms with Crippen molar-refractivity contribution in [1.82, 2.24) is 10.1 Å². The molecule has 0 aliphatic rings. The van der Waals surface area contributed by atoms with Crippen LogP contribution in [-0.4, -0.2) is 29.8 Å². The molecule has 1 aromatic carbocycles. The van der Waals surface area contributed by atoms with Crippen molar-refractivity contribution in [2.45, 2.75) is 32.6 Å². The van der Waals surface area contributed by atoms with E-state index in [-0.39, 0.29) is 24.2 Å². The average Bonchev–Trinajstić information content (AvgIpc) is 2.97. The van der Waals surface area contributed by atoms with Crippen molar-refractivity contribution in [3.8, 4) is 5.75 Å². The monoisotopic (exact) mass is 304 g/mol. The van der Waals surface area contributed by atoms with E-state index in [4.69, 9.17) is 14.0 Å². The molecule has 1 heterocycles. The highest BCUT2D eigenvalue weighted by atomic mass is 16.5. The van der Waals surface area contributed by atoms with Crippen LogP contribution in [0.5, 0.6) is 5.75 Å². The van der Waals surface area contributed by atoms with Crippen molar-refractivity contribution in [3.05, 3.63) is 41.5 Å². The van der Waals surface area contributed by atoms with Gasteiger partial charge in [0.15, 0.2) is 5.82 Å². The molecule has 22 heavy (non-hydrogen) atoms. The smallest absolute Gasteiger partial charge is 0.315 e. The average molecular weight is 304 g/mol. The van der Waals surface area contributed by atoms with E-state index < -0.39 is 0 Å². The molecule has 1 atom stereocenters. The maximum Gasteiger partial charge on any atom is 0.315 e. The maximum atomic E-state index is 11.4. The second kappa shape index (κ2) is 7.59. The van der Waals surface area contributed by atoms with Crippen LogP contribution < -0.4 is 4.74 Å². The molecule has 0 saturated carbocycles. The van der Waals surface area contributed by atoms with Gasteiger partial charge in [0.1, 0.15) is 12.2 Å². The molecule has 1 aromatic heterocycles. The zero-order valence-electron chi connectivity index (χ0n) is 13.0. The fourth-order valence-electron chi connectivity index (χ4n) is 2.08. The fourth-order valence-corrected chi connectivity index (χ4v) is 2.08. The Labute approximate surface area is 129 Å². The zero-order valence-corrected chi connectivity index (χ0v) is 13.0. The standard InChI is InChI=1S/C16H20N2O4/c1-4-21-15(19)10-14-17-16(18-22-14)11(2)9-12-5-7-13(20-3)8-6-12/h5-8,11H,4,9-10H2,1-3H3/t11-/m0/s1. The van der Waals surface area contributed by atoms with E-state index in [1.165, 1.54) is 0 Å². The topological polar surface area (TPSA) is 74.5 Å². The summed E-state index contributed by atoms with van der Waals surface area (Å²) in [6.07, 6.45) is 0.790. The molecule has 2 aromatic rings. The van der Waals surface area contributed by atoms with E-state index in [9.17, 15) is 4.79 Å². The number of rotatable bonds is 7. The second-order valence-electron chi connectivity index (χ2n) is 4.98. The zero-order chi connectivity index (χ0) is 15.9. The lowest BCUT2D eigenvalue weighted by atomic mass is 10.0. The van der Waals surface area contributed by atoms with Crippen molar-refractivity contribution < 1.29 is 18.8 Å². The molecule has 0 radical (unpaired) electrons. The quantitative estimate of drug-likeness (QED) is 0.732. The highest BCUT2D eigenvalue weighted by molar-refractivity contribution is 5.71. The highest BCUT2D eigenvalue weighted by Gasteiger charge is 2.16. The Bertz CT molecular complexity index is 607. The molecule has 0 amide bonds. The Balaban J connectivity index is 1.95. The molecule has 0 spiro atoms. The van der Waals surface area contributed by atoms with Crippen molar-refractivity contribution in [2.75, 3.05) is 13.7 Å². The first-order valence-electron chi connectivity index (χ1n) is 7.23. The molecule has 0 aliphatic heterocycles. The summed E-state index contributed by atoms with van der Waals surface area (Å²) in [6.45, 7) is 4.12. The minimum absolute atomic E-state index is 0.0100. The van der Waals surface area contributed by atoms with Crippen LogP contribution in [0, 0.1) is 0 Å². The number of esters is 1. The van der Waals surface area contributed by atoms with Gasteiger partial charge in [-0.05, 0) is 31.0 Å². The molecule has 0 unspecified atom stereocenters. The Morgan fingerprint density at radius 2 is 2.05 bits per heavy atom. The third-order valence-electron chi connectivity index (χ3n) is 3.23. The van der Waals surface area contributed by atoms with E-state index in [0.717, 1.165) is 17.7 Å². The molecule has 118 valence electrons. The number of methoxy groups -OCH3 is 1. The lowest BCUT2D eigenvalue weighted by Crippen LogP contribution is -2.08. The highest BCUT2D eigenvalue weighted by Crippen LogP contribution is 2.20. The van der Waals surface area contributed by atoms with E-state index in [0.29, 0.717) is 12.4 Å². The summed E-state index contributed by atoms with van der Waals surface area (Å²) in [5.41, 5.74) is 1.16. The van der Waals surface area contributed by atoms with E-state index in [1.807, 2.05) is 31.2 Å². The Kier molecular flexibility index (Phi) is 5.52. The molecule has 6 nitrogen and oxygen atoms in total. The van der Waals surface area contributed by atoms with Crippen LogP contribution in [0.3, 0.4) is 0 Å². The van der Waals surface area contributed by atoms with Gasteiger partial charge in [0.25, 0.3) is 0 Å². The summed E-state index contributed by atoms with van der Waals surface area (Å²) in [7, 11) is 1.64. The van der Waals surface area contributed by atoms with Gasteiger partial charge in [-0.15, -0.1) is 0 Å². The molecule has 0 fully saturated rings. The van der Waals surface area contributed by atoms with Crippen molar-refractivity contribution in [3.63, 3.8) is 0 Å². The van der Waals surface area contributed by atoms with Gasteiger partial charge < -0.3 is 14.0 Å². The Morgan fingerprint density at radius 3 is 2.68 bits per heavy atom. The number of hydrogen-bond acceptors (Lipinski definition) is 6. The van der Waals surface area contributed by atoms with Gasteiger partial charge in [-0.1, -0.05) is 24.2 Å². The largest absolute Gasteiger partial charge is 0.497 e. The van der Waals surface area contributed by atoms with Crippen LogP contribution in [0.1, 0.15) is 37.0 Å². The van der Waals surface area contributed by atoms with Gasteiger partial charge in [0.05, 0.1) is 13.7 Å². The van der Waals surface area contributed by atoms with Gasteiger partial charge in [-0.25, -0.2) is 0 Å². The van der Waals surface area contributed by atoms with Gasteiger partial charge in [-0.3, -0.25) is 4.79 Å². The van der Waals surface area contributed by atoms with Crippen molar-refractivity contribution in [1.29, 1.82) is 0 Å². The van der Waals surface area contributed by atoms with Gasteiger partial charge in [0, 0.05) is 5.92 Å². The second-order valence-corrected chi connectivity index (χ2v) is 4.98. The number of carbonyl (C=O) groups excluding carboxylic acids is 1. The molecule has 2 rings (SSSR count). The first kappa shape index (κ1) is 16.0. The predicted molar refractivity (Wildman–Crippen MR) is 79.7 cm³/mol. The molecular formula is C16H20N2O4. The summed E-state index contributed by atoms with van der Waals surface area (Å²) >= 11 is 0. The van der Waals surface area contributed by atoms with Crippen molar-refractivity contribution in [2.24, 2.45) is 0 Å². The number of ether oxygens (including phenoxy) is 2. The normalized spacial score (nSPS) is 12.0. The molecule has 0 saturated heterocycles. The Hall–Kier alpha value is -2.37. The van der Waals surface area contributed by atoms with Crippen LogP contribution in [0.25, 0.3) is 0 Å². The van der Waals surface area contributed by atoms with Crippen LogP contribution in [0.2, 0.25) is 0 Å². The minimum atomic E-state index is -0.361. The lowest BCUT2D eigenvalue weighted by Gasteiger charge is -2.07. The van der Waals surface area contributed by atoms with Crippen LogP contribution in [0.15, 0.2) is 28.8 Å². The van der Waals surface area contributed by atoms with E-state index in [1.54, 1.807) is 14.0 Å². The first-order valence-corrected chi connectivity index (χ1v) is 7.23. The lowest BCUT2D eigenvalue weighted by molar-refractivity contribution is -0.142. The van der Waals surface area contributed by atoms with Crippen LogP contribution in [0.4, 0.5) is 0 Å². The molecule has 0 bridgehead atoms. The summed E-state index contributed by atoms with van der Waals surface area (Å²) in [4.78, 5) is 15.6. The predicted octanol–water partition coefficient (Wildman–Crippen LogP) is 2.53. The number of hydrogen-bond donors (Lipinski definition) is 0. The number of carbonyl (C=O) groups is 1. The van der Waals surface area contributed by atoms with Crippen LogP contribution in [-0.2, 0) is 22.4 Å². The van der Waals surface area contributed by atoms with E-state index >= 15 is 0 Å². The summed E-state index contributed by atoms with van der Waals surface area (Å²) in [5, 5.41) is 3.94. The van der Waals surface area contributed by atoms with Gasteiger partial charge in [0.2, 0.25) is 5.89 Å². The third kappa shape index (κ3) is 4.31. The van der Waals surface area contributed by atoms with Crippen LogP contribution >= 0.6 is 0 Å². The molecule has 0 aliphatic carbocycles. The molecule has 0 N–H and O–H groups in total. The fraction of sp³-hybridized carbons (Fsp3) is 0.438. The summed E-state index contributed by atoms with van der Waals surface area (Å²) < 4.78 is 15.1. The Morgan fingerprint density at radius 1 is 1.32 bits per heavy atom. The van der Waals surface area contributed by atoms with E-state index in [2.05, 4.69) is 10.1 Å². The third-order valence-corrected chi connectivity index (χ3v) is 3.23. The first-order chi connectivity index (χ1) is 10.6. The minimum Gasteiger partial charge on any atom is -0.497 e.